The van der Waals surface area contributed by atoms with Crippen LogP contribution in [0.25, 0.3) is 10.9 Å². The lowest BCUT2D eigenvalue weighted by Gasteiger charge is -2.46. The number of carbonyl (C=O) groups excluding carboxylic acids is 1. The number of hydrogen-bond donors (Lipinski definition) is 0. The van der Waals surface area contributed by atoms with E-state index in [2.05, 4.69) is 9.47 Å². The Morgan fingerprint density at radius 2 is 1.67 bits per heavy atom. The van der Waals surface area contributed by atoms with Crippen LogP contribution in [0.3, 0.4) is 0 Å². The van der Waals surface area contributed by atoms with E-state index in [1.807, 2.05) is 57.7 Å². The SMILES string of the molecule is CC.CC.CC.COC(=O)c1c(C)n(CC2CCC(N3CC(OC(F)P)C3)CC2)c2cc(F)ccc12. The van der Waals surface area contributed by atoms with Gasteiger partial charge in [-0.1, -0.05) is 50.8 Å². The zero-order chi connectivity index (χ0) is 27.4. The van der Waals surface area contributed by atoms with Crippen LogP contribution < -0.4 is 0 Å². The summed E-state index contributed by atoms with van der Waals surface area (Å²) in [4.78, 5) is 14.7. The van der Waals surface area contributed by atoms with E-state index in [0.29, 0.717) is 17.5 Å². The van der Waals surface area contributed by atoms with Crippen LogP contribution in [0.15, 0.2) is 18.2 Å². The van der Waals surface area contributed by atoms with Crippen molar-refractivity contribution in [1.82, 2.24) is 9.47 Å². The third-order valence-corrected chi connectivity index (χ3v) is 6.81. The molecule has 1 aromatic carbocycles. The van der Waals surface area contributed by atoms with E-state index in [1.54, 1.807) is 6.07 Å². The number of carbonyl (C=O) groups is 1. The summed E-state index contributed by atoms with van der Waals surface area (Å²) < 4.78 is 39.1. The monoisotopic (exact) mass is 528 g/mol. The summed E-state index contributed by atoms with van der Waals surface area (Å²) in [5, 5.41) is 0.737. The predicted octanol–water partition coefficient (Wildman–Crippen LogP) is 7.34. The summed E-state index contributed by atoms with van der Waals surface area (Å²) in [6.07, 6.45) is 3.04. The van der Waals surface area contributed by atoms with Gasteiger partial charge in [-0.25, -0.2) is 13.6 Å². The van der Waals surface area contributed by atoms with E-state index in [0.717, 1.165) is 61.9 Å². The van der Waals surface area contributed by atoms with Crippen molar-refractivity contribution >= 4 is 26.1 Å². The van der Waals surface area contributed by atoms with Crippen LogP contribution in [0, 0.1) is 18.7 Å². The van der Waals surface area contributed by atoms with E-state index in [1.165, 1.54) is 19.2 Å². The molecule has 0 N–H and O–H groups in total. The maximum Gasteiger partial charge on any atom is 0.340 e. The largest absolute Gasteiger partial charge is 0.465 e. The first-order chi connectivity index (χ1) is 17.4. The summed E-state index contributed by atoms with van der Waals surface area (Å²) in [6.45, 7) is 16.3. The Balaban J connectivity index is 0.00000101. The van der Waals surface area contributed by atoms with Crippen LogP contribution in [0.2, 0.25) is 0 Å². The van der Waals surface area contributed by atoms with Crippen molar-refractivity contribution in [3.8, 4) is 0 Å². The first-order valence-electron chi connectivity index (χ1n) is 13.5. The number of fused-ring (bicyclic) bond motifs is 1. The first-order valence-corrected chi connectivity index (χ1v) is 14.2. The summed E-state index contributed by atoms with van der Waals surface area (Å²) in [7, 11) is 3.40. The lowest BCUT2D eigenvalue weighted by Crippen LogP contribution is -2.57. The van der Waals surface area contributed by atoms with Crippen LogP contribution in [0.4, 0.5) is 8.78 Å². The molecule has 0 spiro atoms. The molecule has 2 heterocycles. The molecule has 4 rings (SSSR count). The van der Waals surface area contributed by atoms with Crippen LogP contribution in [0.5, 0.6) is 0 Å². The number of likely N-dealkylation sites (tertiary alicyclic amines) is 1. The standard InChI is InChI=1S/C22H29F2N2O3P.3C2H6/c1-13-20(21(27)28-2)18-8-5-15(23)9-19(18)26(13)10-14-3-6-16(7-4-14)25-11-17(12-25)29-22(24)30;3*1-2/h5,8-9,14,16-17,22H,3-4,6-7,10-12,30H2,1-2H3;3*1-2H3. The molecule has 2 aliphatic rings. The van der Waals surface area contributed by atoms with Gasteiger partial charge in [0.1, 0.15) is 5.82 Å². The number of aromatic nitrogens is 1. The number of benzene rings is 1. The number of esters is 1. The fraction of sp³-hybridized carbons (Fsp3) is 0.679. The third kappa shape index (κ3) is 7.97. The number of methoxy groups -OCH3 is 1. The Hall–Kier alpha value is -1.56. The van der Waals surface area contributed by atoms with E-state index < -0.39 is 6.10 Å². The van der Waals surface area contributed by atoms with E-state index in [-0.39, 0.29) is 17.9 Å². The molecule has 8 heteroatoms. The van der Waals surface area contributed by atoms with E-state index in [4.69, 9.17) is 9.47 Å². The number of nitrogens with zero attached hydrogens (tertiary/aromatic N) is 2. The topological polar surface area (TPSA) is 43.7 Å². The highest BCUT2D eigenvalue weighted by Gasteiger charge is 2.36. The average Bonchev–Trinajstić information content (AvgIpc) is 3.15. The molecular formula is C28H47F2N2O3P. The molecule has 1 saturated carbocycles. The second kappa shape index (κ2) is 16.3. The van der Waals surface area contributed by atoms with Gasteiger partial charge in [-0.05, 0) is 56.7 Å². The second-order valence-electron chi connectivity index (χ2n) is 8.46. The summed E-state index contributed by atoms with van der Waals surface area (Å²) in [5.41, 5.74) is 2.09. The number of rotatable bonds is 6. The first kappa shape index (κ1) is 32.5. The summed E-state index contributed by atoms with van der Waals surface area (Å²) in [5.74, 6) is -0.223. The molecule has 36 heavy (non-hydrogen) atoms. The lowest BCUT2D eigenvalue weighted by atomic mass is 9.84. The van der Waals surface area contributed by atoms with Gasteiger partial charge in [0, 0.05) is 36.8 Å². The highest BCUT2D eigenvalue weighted by molar-refractivity contribution is 7.16. The summed E-state index contributed by atoms with van der Waals surface area (Å²) in [6, 6.07) is 5.08. The van der Waals surface area contributed by atoms with Crippen molar-refractivity contribution in [3.05, 3.63) is 35.3 Å². The van der Waals surface area contributed by atoms with Crippen LogP contribution in [0.1, 0.15) is 83.3 Å². The minimum Gasteiger partial charge on any atom is -0.465 e. The highest BCUT2D eigenvalue weighted by Crippen LogP contribution is 2.34. The smallest absolute Gasteiger partial charge is 0.340 e. The zero-order valence-electron chi connectivity index (χ0n) is 23.4. The molecule has 0 amide bonds. The Kier molecular flexibility index (Phi) is 14.7. The fourth-order valence-corrected chi connectivity index (χ4v) is 5.26. The lowest BCUT2D eigenvalue weighted by molar-refractivity contribution is -0.117. The number of alkyl halides is 1. The van der Waals surface area contributed by atoms with Crippen molar-refractivity contribution in [1.29, 1.82) is 0 Å². The second-order valence-corrected chi connectivity index (χ2v) is 8.99. The van der Waals surface area contributed by atoms with Gasteiger partial charge in [-0.3, -0.25) is 4.90 Å². The van der Waals surface area contributed by atoms with Gasteiger partial charge in [0.15, 0.2) is 0 Å². The minimum absolute atomic E-state index is 0.00393. The van der Waals surface area contributed by atoms with Gasteiger partial charge in [-0.15, -0.1) is 0 Å². The number of ether oxygens (including phenoxy) is 2. The molecule has 2 aromatic rings. The van der Waals surface area contributed by atoms with E-state index in [9.17, 15) is 13.6 Å². The van der Waals surface area contributed by atoms with Crippen molar-refractivity contribution in [3.63, 3.8) is 0 Å². The molecular weight excluding hydrogens is 481 g/mol. The summed E-state index contributed by atoms with van der Waals surface area (Å²) >= 11 is 0. The van der Waals surface area contributed by atoms with Gasteiger partial charge in [0.2, 0.25) is 6.10 Å². The molecule has 1 aromatic heterocycles. The quantitative estimate of drug-likeness (QED) is 0.291. The highest BCUT2D eigenvalue weighted by atomic mass is 31.0. The Bertz CT molecular complexity index is 921. The van der Waals surface area contributed by atoms with Gasteiger partial charge in [0.05, 0.1) is 24.3 Å². The molecule has 5 nitrogen and oxygen atoms in total. The Morgan fingerprint density at radius 1 is 1.08 bits per heavy atom. The molecule has 0 radical (unpaired) electrons. The van der Waals surface area contributed by atoms with Crippen molar-refractivity contribution in [2.45, 2.75) is 98.9 Å². The fourth-order valence-electron chi connectivity index (χ4n) is 5.03. The molecule has 2 unspecified atom stereocenters. The van der Waals surface area contributed by atoms with Crippen LogP contribution >= 0.6 is 9.24 Å². The zero-order valence-corrected chi connectivity index (χ0v) is 24.6. The Morgan fingerprint density at radius 3 is 2.19 bits per heavy atom. The molecule has 0 bridgehead atoms. The maximum absolute atomic E-state index is 13.9. The van der Waals surface area contributed by atoms with Crippen molar-refractivity contribution in [2.24, 2.45) is 5.92 Å². The predicted molar refractivity (Wildman–Crippen MR) is 149 cm³/mol. The van der Waals surface area contributed by atoms with Crippen LogP contribution in [-0.4, -0.2) is 53.9 Å². The Labute approximate surface area is 219 Å². The molecule has 1 aliphatic heterocycles. The van der Waals surface area contributed by atoms with Crippen molar-refractivity contribution < 1.29 is 23.0 Å². The van der Waals surface area contributed by atoms with Crippen LogP contribution in [-0.2, 0) is 16.0 Å². The molecule has 2 fully saturated rings. The van der Waals surface area contributed by atoms with Gasteiger partial charge >= 0.3 is 5.97 Å². The van der Waals surface area contributed by atoms with E-state index >= 15 is 0 Å². The van der Waals surface area contributed by atoms with Gasteiger partial charge in [-0.2, -0.15) is 0 Å². The molecule has 1 saturated heterocycles. The van der Waals surface area contributed by atoms with Gasteiger partial charge < -0.3 is 14.0 Å². The molecule has 1 aliphatic carbocycles. The van der Waals surface area contributed by atoms with Gasteiger partial charge in [0.25, 0.3) is 0 Å². The minimum atomic E-state index is -1.28. The molecule has 2 atom stereocenters. The normalized spacial score (nSPS) is 20.5. The number of halogens is 2. The maximum atomic E-state index is 13.9. The average molecular weight is 529 g/mol. The van der Waals surface area contributed by atoms with Crippen molar-refractivity contribution in [2.75, 3.05) is 20.2 Å². The third-order valence-electron chi connectivity index (χ3n) is 6.65. The molecule has 206 valence electrons. The number of hydrogen-bond acceptors (Lipinski definition) is 4.